The van der Waals surface area contributed by atoms with Gasteiger partial charge in [-0.3, -0.25) is 23.4 Å². The number of allylic oxidation sites excluding steroid dienone is 3. The highest BCUT2D eigenvalue weighted by Gasteiger charge is 2.39. The average molecular weight is 859 g/mol. The third-order valence-electron chi connectivity index (χ3n) is 10.9. The number of Topliss-reactive ketones (excluding diaryl/α,β-unsaturated/α-hetero) is 1. The molecule has 0 bridgehead atoms. The number of quaternary nitrogens is 1. The van der Waals surface area contributed by atoms with E-state index in [4.69, 9.17) is 18.5 Å². The van der Waals surface area contributed by atoms with Crippen molar-refractivity contribution in [1.29, 1.82) is 0 Å². The van der Waals surface area contributed by atoms with E-state index in [-0.39, 0.29) is 44.2 Å². The number of phosphoric ester groups is 1. The number of hydrogen-bond donors (Lipinski definition) is 3. The molecule has 1 aliphatic rings. The monoisotopic (exact) mass is 859 g/mol. The Kier molecular flexibility index (Phi) is 31.4. The first-order valence-corrected chi connectivity index (χ1v) is 24.7. The van der Waals surface area contributed by atoms with Gasteiger partial charge >= 0.3 is 19.8 Å². The number of phosphoric acid groups is 1. The Morgan fingerprint density at radius 2 is 1.34 bits per heavy atom. The average Bonchev–Trinajstić information content (AvgIpc) is 3.44. The van der Waals surface area contributed by atoms with Crippen molar-refractivity contribution in [2.75, 3.05) is 47.5 Å². The molecule has 3 N–H and O–H groups in total. The summed E-state index contributed by atoms with van der Waals surface area (Å²) in [5, 5.41) is 20.8. The van der Waals surface area contributed by atoms with Crippen LogP contribution in [-0.4, -0.2) is 103 Å². The number of carbonyl (C=O) groups excluding carboxylic acids is 3. The summed E-state index contributed by atoms with van der Waals surface area (Å²) in [7, 11) is 1.32. The van der Waals surface area contributed by atoms with Gasteiger partial charge < -0.3 is 29.1 Å². The van der Waals surface area contributed by atoms with E-state index in [0.717, 1.165) is 38.5 Å². The van der Waals surface area contributed by atoms with Crippen LogP contribution in [-0.2, 0) is 37.5 Å². The van der Waals surface area contributed by atoms with Crippen LogP contribution in [0.25, 0.3) is 0 Å². The molecule has 0 aromatic rings. The van der Waals surface area contributed by atoms with Crippen LogP contribution in [0.1, 0.15) is 174 Å². The number of likely N-dealkylation sites (N-methyl/N-ethyl adjacent to an activating group) is 1. The number of hydrogen-bond acceptors (Lipinski definition) is 10. The molecule has 0 amide bonds. The van der Waals surface area contributed by atoms with Crippen LogP contribution in [0.15, 0.2) is 24.3 Å². The highest BCUT2D eigenvalue weighted by molar-refractivity contribution is 7.47. The number of carbonyl (C=O) groups is 3. The number of aliphatic hydroxyl groups excluding tert-OH is 2. The van der Waals surface area contributed by atoms with Gasteiger partial charge in [0, 0.05) is 31.1 Å². The summed E-state index contributed by atoms with van der Waals surface area (Å²) in [4.78, 5) is 48.1. The quantitative estimate of drug-likeness (QED) is 0.0178. The number of rotatable bonds is 38. The molecular weight excluding hydrogens is 773 g/mol. The second-order valence-corrected chi connectivity index (χ2v) is 19.0. The van der Waals surface area contributed by atoms with Gasteiger partial charge in [0.25, 0.3) is 0 Å². The predicted molar refractivity (Wildman–Crippen MR) is 235 cm³/mol. The van der Waals surface area contributed by atoms with E-state index in [1.54, 1.807) is 12.2 Å². The van der Waals surface area contributed by atoms with Crippen molar-refractivity contribution < 1.29 is 57.1 Å². The van der Waals surface area contributed by atoms with Crippen LogP contribution in [0.5, 0.6) is 0 Å². The smallest absolute Gasteiger partial charge is 0.462 e. The molecule has 0 aliphatic heterocycles. The standard InChI is InChI=1S/C46H84NO11P/c1-6-8-10-11-12-13-14-15-16-17-18-19-20-21-26-30-45(51)55-37-40(38-57-59(53,54)56-35-34-47(3,4)5)58-46(52)31-27-23-22-25-29-41-42(44(50)36-43(41)49)33-32-39(48)28-24-9-7-2/h22,25,32-33,39-43,48-49H,6-21,23-24,26-31,34-38H2,1-5H3/p+1/b25-22-,33-32+/t39-,40+,41+,42+,43-/m0/s1. The van der Waals surface area contributed by atoms with Crippen LogP contribution < -0.4 is 0 Å². The van der Waals surface area contributed by atoms with Gasteiger partial charge in [-0.25, -0.2) is 4.57 Å². The maximum absolute atomic E-state index is 12.8. The lowest BCUT2D eigenvalue weighted by molar-refractivity contribution is -0.870. The lowest BCUT2D eigenvalue weighted by atomic mass is 9.90. The fourth-order valence-electron chi connectivity index (χ4n) is 7.11. The number of esters is 2. The molecule has 12 nitrogen and oxygen atoms in total. The third-order valence-corrected chi connectivity index (χ3v) is 11.8. The van der Waals surface area contributed by atoms with Crippen molar-refractivity contribution in [2.45, 2.75) is 193 Å². The first-order valence-electron chi connectivity index (χ1n) is 23.2. The number of ketones is 1. The number of unbranched alkanes of at least 4 members (excludes halogenated alkanes) is 17. The van der Waals surface area contributed by atoms with E-state index in [1.165, 1.54) is 70.6 Å². The molecule has 0 heterocycles. The molecule has 344 valence electrons. The lowest BCUT2D eigenvalue weighted by Gasteiger charge is -2.24. The van der Waals surface area contributed by atoms with Crippen molar-refractivity contribution in [3.8, 4) is 0 Å². The van der Waals surface area contributed by atoms with Gasteiger partial charge in [-0.2, -0.15) is 0 Å². The minimum Gasteiger partial charge on any atom is -0.462 e. The molecule has 6 atom stereocenters. The third kappa shape index (κ3) is 30.7. The van der Waals surface area contributed by atoms with Gasteiger partial charge in [-0.1, -0.05) is 147 Å². The summed E-state index contributed by atoms with van der Waals surface area (Å²) in [6, 6.07) is 0. The molecule has 1 rings (SSSR count). The Hall–Kier alpha value is -1.92. The summed E-state index contributed by atoms with van der Waals surface area (Å²) in [6.07, 6.45) is 28.7. The van der Waals surface area contributed by atoms with Crippen LogP contribution in [0.4, 0.5) is 0 Å². The predicted octanol–water partition coefficient (Wildman–Crippen LogP) is 9.72. The molecule has 1 unspecified atom stereocenters. The maximum Gasteiger partial charge on any atom is 0.472 e. The molecule has 0 radical (unpaired) electrons. The molecule has 1 saturated carbocycles. The lowest BCUT2D eigenvalue weighted by Crippen LogP contribution is -2.37. The van der Waals surface area contributed by atoms with Gasteiger partial charge in [0.1, 0.15) is 25.5 Å². The van der Waals surface area contributed by atoms with E-state index in [2.05, 4.69) is 13.8 Å². The first kappa shape index (κ1) is 55.1. The number of ether oxygens (including phenoxy) is 2. The fraction of sp³-hybridized carbons (Fsp3) is 0.848. The largest absolute Gasteiger partial charge is 0.472 e. The van der Waals surface area contributed by atoms with Crippen LogP contribution in [0.3, 0.4) is 0 Å². The molecular formula is C46H85NO11P+. The second kappa shape index (κ2) is 33.7. The van der Waals surface area contributed by atoms with Crippen LogP contribution >= 0.6 is 7.82 Å². The summed E-state index contributed by atoms with van der Waals surface area (Å²) in [6.45, 7) is 4.02. The van der Waals surface area contributed by atoms with E-state index in [9.17, 15) is 34.1 Å². The van der Waals surface area contributed by atoms with E-state index < -0.39 is 50.6 Å². The Balaban J connectivity index is 2.49. The van der Waals surface area contributed by atoms with Crippen molar-refractivity contribution in [1.82, 2.24) is 0 Å². The topological polar surface area (TPSA) is 166 Å². The maximum atomic E-state index is 12.8. The van der Waals surface area contributed by atoms with E-state index in [0.29, 0.717) is 43.1 Å². The first-order chi connectivity index (χ1) is 28.2. The molecule has 1 aliphatic carbocycles. The van der Waals surface area contributed by atoms with Gasteiger partial charge in [0.05, 0.1) is 40.0 Å². The Morgan fingerprint density at radius 3 is 1.93 bits per heavy atom. The van der Waals surface area contributed by atoms with Crippen molar-refractivity contribution >= 4 is 25.5 Å². The van der Waals surface area contributed by atoms with Crippen molar-refractivity contribution in [2.24, 2.45) is 11.8 Å². The Morgan fingerprint density at radius 1 is 0.780 bits per heavy atom. The van der Waals surface area contributed by atoms with E-state index in [1.807, 2.05) is 33.3 Å². The summed E-state index contributed by atoms with van der Waals surface area (Å²) in [5.74, 6) is -1.74. The van der Waals surface area contributed by atoms with Gasteiger partial charge in [0.15, 0.2) is 6.10 Å². The SMILES string of the molecule is CCCCCCCCCCCCCCCCCC(=O)OC[C@H](COP(=O)(O)OCC[N+](C)(C)C)OC(=O)CCC/C=C\C[C@H]1[C@@H](O)CC(=O)[C@@H]1/C=C/[C@@H](O)CCCCC. The normalized spacial score (nSPS) is 19.4. The minimum atomic E-state index is -4.45. The second-order valence-electron chi connectivity index (χ2n) is 17.6. The van der Waals surface area contributed by atoms with Crippen molar-refractivity contribution in [3.05, 3.63) is 24.3 Å². The zero-order chi connectivity index (χ0) is 43.8. The summed E-state index contributed by atoms with van der Waals surface area (Å²) < 4.78 is 34.3. The van der Waals surface area contributed by atoms with Crippen LogP contribution in [0.2, 0.25) is 0 Å². The highest BCUT2D eigenvalue weighted by atomic mass is 31.2. The Bertz CT molecular complexity index is 1220. The summed E-state index contributed by atoms with van der Waals surface area (Å²) >= 11 is 0. The summed E-state index contributed by atoms with van der Waals surface area (Å²) in [5.41, 5.74) is 0. The molecule has 13 heteroatoms. The Labute approximate surface area is 358 Å². The highest BCUT2D eigenvalue weighted by Crippen LogP contribution is 2.43. The van der Waals surface area contributed by atoms with Gasteiger partial charge in [-0.05, 0) is 32.1 Å². The number of nitrogens with zero attached hydrogens (tertiary/aromatic N) is 1. The van der Waals surface area contributed by atoms with Gasteiger partial charge in [0.2, 0.25) is 0 Å². The van der Waals surface area contributed by atoms with E-state index >= 15 is 0 Å². The molecule has 0 spiro atoms. The number of aliphatic hydroxyl groups is 2. The molecule has 1 fully saturated rings. The fourth-order valence-corrected chi connectivity index (χ4v) is 7.85. The minimum absolute atomic E-state index is 0.0148. The zero-order valence-corrected chi connectivity index (χ0v) is 38.6. The molecule has 59 heavy (non-hydrogen) atoms. The van der Waals surface area contributed by atoms with Crippen LogP contribution in [0, 0.1) is 11.8 Å². The molecule has 0 saturated heterocycles. The van der Waals surface area contributed by atoms with Crippen molar-refractivity contribution in [3.63, 3.8) is 0 Å². The zero-order valence-electron chi connectivity index (χ0n) is 37.7. The molecule has 0 aromatic heterocycles. The van der Waals surface area contributed by atoms with Gasteiger partial charge in [-0.15, -0.1) is 0 Å². The molecule has 0 aromatic carbocycles.